The van der Waals surface area contributed by atoms with Crippen LogP contribution in [0.2, 0.25) is 0 Å². The summed E-state index contributed by atoms with van der Waals surface area (Å²) in [5, 5.41) is 2.67. The zero-order valence-corrected chi connectivity index (χ0v) is 12.2. The van der Waals surface area contributed by atoms with Crippen LogP contribution in [-0.2, 0) is 19.6 Å². The molecule has 1 amide bonds. The van der Waals surface area contributed by atoms with E-state index >= 15 is 0 Å². The van der Waals surface area contributed by atoms with E-state index in [0.29, 0.717) is 35.7 Å². The van der Waals surface area contributed by atoms with Crippen LogP contribution in [-0.4, -0.2) is 17.0 Å². The van der Waals surface area contributed by atoms with E-state index in [0.717, 1.165) is 4.57 Å². The minimum absolute atomic E-state index is 0.0915. The van der Waals surface area contributed by atoms with Crippen molar-refractivity contribution in [2.24, 2.45) is 7.05 Å². The van der Waals surface area contributed by atoms with Crippen LogP contribution in [0.3, 0.4) is 0 Å². The van der Waals surface area contributed by atoms with Gasteiger partial charge in [-0.25, -0.2) is 0 Å². The third-order valence-corrected chi connectivity index (χ3v) is 3.91. The summed E-state index contributed by atoms with van der Waals surface area (Å²) in [7, 11) is 1.40. The Morgan fingerprint density at radius 1 is 1.13 bits per heavy atom. The van der Waals surface area contributed by atoms with Gasteiger partial charge in [0.2, 0.25) is 0 Å². The molecular weight excluding hydrogens is 309 g/mol. The number of aromatic nitrogens is 1. The topological polar surface area (TPSA) is 51.1 Å². The number of fused-ring (bicyclic) bond motifs is 1. The molecule has 0 bridgehead atoms. The van der Waals surface area contributed by atoms with Gasteiger partial charge >= 0.3 is 6.18 Å². The number of amides is 1. The zero-order valence-electron chi connectivity index (χ0n) is 12.2. The van der Waals surface area contributed by atoms with Crippen LogP contribution >= 0.6 is 0 Å². The molecule has 0 unspecified atom stereocenters. The van der Waals surface area contributed by atoms with E-state index in [1.54, 1.807) is 18.2 Å². The average Bonchev–Trinajstić information content (AvgIpc) is 2.48. The number of benzene rings is 1. The van der Waals surface area contributed by atoms with Gasteiger partial charge in [0.15, 0.2) is 0 Å². The minimum Gasteiger partial charge on any atom is -0.352 e. The Hall–Kier alpha value is -2.57. The lowest BCUT2D eigenvalue weighted by atomic mass is 9.89. The Labute approximate surface area is 129 Å². The zero-order chi connectivity index (χ0) is 16.8. The maximum Gasteiger partial charge on any atom is 0.417 e. The van der Waals surface area contributed by atoms with Crippen molar-refractivity contribution in [2.45, 2.75) is 12.6 Å². The van der Waals surface area contributed by atoms with Crippen LogP contribution in [0.15, 0.2) is 35.3 Å². The fourth-order valence-corrected chi connectivity index (χ4v) is 2.80. The second kappa shape index (κ2) is 5.26. The third kappa shape index (κ3) is 2.62. The van der Waals surface area contributed by atoms with Gasteiger partial charge in [-0.3, -0.25) is 9.59 Å². The number of halogens is 3. The van der Waals surface area contributed by atoms with Crippen LogP contribution in [0.5, 0.6) is 0 Å². The summed E-state index contributed by atoms with van der Waals surface area (Å²) in [6.07, 6.45) is -3.03. The molecular formula is C16H13F3N2O2. The molecule has 0 aliphatic carbocycles. The van der Waals surface area contributed by atoms with Crippen LogP contribution in [0.25, 0.3) is 11.1 Å². The molecule has 2 heterocycles. The highest BCUT2D eigenvalue weighted by atomic mass is 19.4. The maximum absolute atomic E-state index is 13.3. The molecule has 1 aromatic heterocycles. The van der Waals surface area contributed by atoms with Gasteiger partial charge in [0.1, 0.15) is 0 Å². The maximum atomic E-state index is 13.3. The first-order chi connectivity index (χ1) is 10.8. The summed E-state index contributed by atoms with van der Waals surface area (Å²) >= 11 is 0. The highest BCUT2D eigenvalue weighted by Crippen LogP contribution is 2.38. The molecule has 0 radical (unpaired) electrons. The molecule has 7 heteroatoms. The first-order valence-electron chi connectivity index (χ1n) is 6.97. The van der Waals surface area contributed by atoms with E-state index in [2.05, 4.69) is 5.32 Å². The lowest BCUT2D eigenvalue weighted by Crippen LogP contribution is -2.32. The first-order valence-corrected chi connectivity index (χ1v) is 6.97. The van der Waals surface area contributed by atoms with Crippen LogP contribution in [0.4, 0.5) is 13.2 Å². The van der Waals surface area contributed by atoms with Crippen LogP contribution < -0.4 is 10.9 Å². The third-order valence-electron chi connectivity index (χ3n) is 3.91. The van der Waals surface area contributed by atoms with Crippen molar-refractivity contribution >= 4 is 5.91 Å². The molecule has 3 rings (SSSR count). The minimum atomic E-state index is -4.65. The lowest BCUT2D eigenvalue weighted by molar-refractivity contribution is -0.137. The van der Waals surface area contributed by atoms with E-state index in [1.807, 2.05) is 0 Å². The number of pyridine rings is 1. The Morgan fingerprint density at radius 3 is 2.52 bits per heavy atom. The summed E-state index contributed by atoms with van der Waals surface area (Å²) < 4.78 is 41.1. The smallest absolute Gasteiger partial charge is 0.352 e. The quantitative estimate of drug-likeness (QED) is 0.876. The number of alkyl halides is 3. The normalized spacial score (nSPS) is 14.3. The number of rotatable bonds is 1. The number of carbonyl (C=O) groups excluding carboxylic acids is 1. The number of nitrogens with one attached hydrogen (secondary N) is 1. The van der Waals surface area contributed by atoms with Gasteiger partial charge in [-0.05, 0) is 23.6 Å². The van der Waals surface area contributed by atoms with Gasteiger partial charge in [0, 0.05) is 37.0 Å². The fourth-order valence-electron chi connectivity index (χ4n) is 2.80. The van der Waals surface area contributed by atoms with Crippen molar-refractivity contribution in [3.63, 3.8) is 0 Å². The summed E-state index contributed by atoms with van der Waals surface area (Å²) in [6, 6.07) is 5.27. The average molecular weight is 322 g/mol. The molecule has 1 aliphatic heterocycles. The van der Waals surface area contributed by atoms with Crippen LogP contribution in [0.1, 0.15) is 21.5 Å². The summed E-state index contributed by atoms with van der Waals surface area (Å²) in [6.45, 7) is 0.371. The highest BCUT2D eigenvalue weighted by molar-refractivity contribution is 5.98. The summed E-state index contributed by atoms with van der Waals surface area (Å²) in [5.74, 6) is -0.300. The van der Waals surface area contributed by atoms with Crippen molar-refractivity contribution in [3.05, 3.63) is 57.5 Å². The van der Waals surface area contributed by atoms with E-state index in [9.17, 15) is 22.8 Å². The summed E-state index contributed by atoms with van der Waals surface area (Å²) in [4.78, 5) is 23.5. The SMILES string of the molecule is Cn1cc(-c2cccc3c2CCNC3=O)c(C(F)(F)F)cc1=O. The van der Waals surface area contributed by atoms with Gasteiger partial charge in [-0.1, -0.05) is 12.1 Å². The fraction of sp³-hybridized carbons (Fsp3) is 0.250. The molecule has 1 aliphatic rings. The van der Waals surface area contributed by atoms with Gasteiger partial charge in [0.05, 0.1) is 5.56 Å². The van der Waals surface area contributed by atoms with E-state index < -0.39 is 17.3 Å². The van der Waals surface area contributed by atoms with Gasteiger partial charge in [0.25, 0.3) is 11.5 Å². The molecule has 0 spiro atoms. The van der Waals surface area contributed by atoms with Gasteiger partial charge in [-0.2, -0.15) is 13.2 Å². The van der Waals surface area contributed by atoms with E-state index in [4.69, 9.17) is 0 Å². The van der Waals surface area contributed by atoms with Crippen LogP contribution in [0, 0.1) is 0 Å². The predicted octanol–water partition coefficient (Wildman–Crippen LogP) is 2.36. The van der Waals surface area contributed by atoms with Crippen molar-refractivity contribution < 1.29 is 18.0 Å². The van der Waals surface area contributed by atoms with E-state index in [-0.39, 0.29) is 11.5 Å². The van der Waals surface area contributed by atoms with Gasteiger partial charge in [-0.15, -0.1) is 0 Å². The predicted molar refractivity (Wildman–Crippen MR) is 78.2 cm³/mol. The summed E-state index contributed by atoms with van der Waals surface area (Å²) in [5.41, 5.74) is -0.536. The van der Waals surface area contributed by atoms with E-state index in [1.165, 1.54) is 13.2 Å². The molecule has 4 nitrogen and oxygen atoms in total. The Balaban J connectivity index is 2.32. The second-order valence-corrected chi connectivity index (χ2v) is 5.39. The number of aryl methyl sites for hydroxylation is 1. The van der Waals surface area contributed by atoms with Crippen molar-refractivity contribution in [2.75, 3.05) is 6.54 Å². The molecule has 0 atom stereocenters. The first kappa shape index (κ1) is 15.3. The van der Waals surface area contributed by atoms with Crippen molar-refractivity contribution in [1.82, 2.24) is 9.88 Å². The Morgan fingerprint density at radius 2 is 1.83 bits per heavy atom. The molecule has 0 saturated heterocycles. The standard InChI is InChI=1S/C16H13F3N2O2/c1-21-8-12(13(7-14(21)22)16(17,18)19)9-3-2-4-11-10(9)5-6-20-15(11)23/h2-4,7-8H,5-6H2,1H3,(H,20,23). The van der Waals surface area contributed by atoms with Crippen molar-refractivity contribution in [1.29, 1.82) is 0 Å². The molecule has 23 heavy (non-hydrogen) atoms. The Bertz CT molecular complexity index is 853. The number of carbonyl (C=O) groups is 1. The Kier molecular flexibility index (Phi) is 3.50. The number of hydrogen-bond donors (Lipinski definition) is 1. The molecule has 1 N–H and O–H groups in total. The molecule has 120 valence electrons. The monoisotopic (exact) mass is 322 g/mol. The second-order valence-electron chi connectivity index (χ2n) is 5.39. The molecule has 0 saturated carbocycles. The number of hydrogen-bond acceptors (Lipinski definition) is 2. The van der Waals surface area contributed by atoms with Gasteiger partial charge < -0.3 is 9.88 Å². The number of nitrogens with zero attached hydrogens (tertiary/aromatic N) is 1. The molecule has 2 aromatic rings. The molecule has 0 fully saturated rings. The van der Waals surface area contributed by atoms with Crippen molar-refractivity contribution in [3.8, 4) is 11.1 Å². The molecule has 1 aromatic carbocycles. The largest absolute Gasteiger partial charge is 0.417 e. The lowest BCUT2D eigenvalue weighted by Gasteiger charge is -2.22. The highest BCUT2D eigenvalue weighted by Gasteiger charge is 2.35.